The molecule has 3 N–H and O–H groups in total. The first-order valence-corrected chi connectivity index (χ1v) is 6.91. The normalized spacial score (nSPS) is 21.0. The largest absolute Gasteiger partial charge is 0.504 e. The summed E-state index contributed by atoms with van der Waals surface area (Å²) < 4.78 is 4.95. The Bertz CT molecular complexity index is 543. The second-order valence-corrected chi connectivity index (χ2v) is 5.20. The second-order valence-electron chi connectivity index (χ2n) is 5.20. The Labute approximate surface area is 122 Å². The van der Waals surface area contributed by atoms with Crippen LogP contribution in [0.15, 0.2) is 18.2 Å². The van der Waals surface area contributed by atoms with E-state index < -0.39 is 17.8 Å². The van der Waals surface area contributed by atoms with Gasteiger partial charge in [-0.2, -0.15) is 0 Å². The molecule has 1 aromatic rings. The van der Waals surface area contributed by atoms with E-state index >= 15 is 0 Å². The number of phenolic OH excluding ortho intramolecular Hbond substituents is 1. The molecule has 0 heterocycles. The molecule has 1 fully saturated rings. The van der Waals surface area contributed by atoms with Crippen molar-refractivity contribution in [2.24, 2.45) is 11.8 Å². The molecule has 0 bridgehead atoms. The molecule has 0 aliphatic heterocycles. The molecule has 114 valence electrons. The topological polar surface area (TPSA) is 95.9 Å². The molecule has 2 rings (SSSR count). The number of amides is 1. The summed E-state index contributed by atoms with van der Waals surface area (Å²) >= 11 is 0. The quantitative estimate of drug-likeness (QED) is 0.767. The zero-order chi connectivity index (χ0) is 15.4. The molecule has 6 nitrogen and oxygen atoms in total. The van der Waals surface area contributed by atoms with Crippen LogP contribution in [0, 0.1) is 11.8 Å². The van der Waals surface area contributed by atoms with Crippen LogP contribution in [-0.2, 0) is 4.79 Å². The number of nitrogens with one attached hydrogen (secondary N) is 1. The third-order valence-corrected chi connectivity index (χ3v) is 3.96. The Morgan fingerprint density at radius 2 is 2.14 bits per heavy atom. The van der Waals surface area contributed by atoms with Gasteiger partial charge in [0.05, 0.1) is 18.6 Å². The maximum absolute atomic E-state index is 12.1. The first-order valence-electron chi connectivity index (χ1n) is 6.91. The summed E-state index contributed by atoms with van der Waals surface area (Å²) in [6.07, 6.45) is 2.31. The van der Waals surface area contributed by atoms with Crippen molar-refractivity contribution in [3.8, 4) is 11.5 Å². The SMILES string of the molecule is COc1cccc(C(=O)NCC2CCCC2C(=O)O)c1O. The number of para-hydroxylation sites is 1. The van der Waals surface area contributed by atoms with Crippen LogP contribution >= 0.6 is 0 Å². The molecule has 21 heavy (non-hydrogen) atoms. The summed E-state index contributed by atoms with van der Waals surface area (Å²) in [6.45, 7) is 0.298. The number of hydrogen-bond acceptors (Lipinski definition) is 4. The zero-order valence-electron chi connectivity index (χ0n) is 11.8. The fourth-order valence-electron chi connectivity index (χ4n) is 2.80. The van der Waals surface area contributed by atoms with E-state index in [-0.39, 0.29) is 23.0 Å². The molecular weight excluding hydrogens is 274 g/mol. The number of rotatable bonds is 5. The van der Waals surface area contributed by atoms with Gasteiger partial charge >= 0.3 is 5.97 Å². The van der Waals surface area contributed by atoms with Crippen molar-refractivity contribution in [3.05, 3.63) is 23.8 Å². The lowest BCUT2D eigenvalue weighted by Gasteiger charge is -2.16. The van der Waals surface area contributed by atoms with E-state index in [4.69, 9.17) is 9.84 Å². The van der Waals surface area contributed by atoms with E-state index in [0.29, 0.717) is 13.0 Å². The number of hydrogen-bond donors (Lipinski definition) is 3. The number of carboxylic acids is 1. The Morgan fingerprint density at radius 3 is 2.81 bits per heavy atom. The van der Waals surface area contributed by atoms with E-state index in [1.54, 1.807) is 12.1 Å². The number of carbonyl (C=O) groups excluding carboxylic acids is 1. The second kappa shape index (κ2) is 6.47. The van der Waals surface area contributed by atoms with Crippen LogP contribution in [0.25, 0.3) is 0 Å². The third kappa shape index (κ3) is 3.26. The van der Waals surface area contributed by atoms with Crippen molar-refractivity contribution in [1.82, 2.24) is 5.32 Å². The summed E-state index contributed by atoms with van der Waals surface area (Å²) in [5, 5.41) is 21.7. The van der Waals surface area contributed by atoms with Gasteiger partial charge in [-0.15, -0.1) is 0 Å². The van der Waals surface area contributed by atoms with Crippen LogP contribution < -0.4 is 10.1 Å². The summed E-state index contributed by atoms with van der Waals surface area (Å²) in [5.41, 5.74) is 0.124. The van der Waals surface area contributed by atoms with E-state index in [2.05, 4.69) is 5.32 Å². The number of carboxylic acid groups (broad SMARTS) is 1. The van der Waals surface area contributed by atoms with Crippen molar-refractivity contribution in [1.29, 1.82) is 0 Å². The lowest BCUT2D eigenvalue weighted by Crippen LogP contribution is -2.33. The fourth-order valence-corrected chi connectivity index (χ4v) is 2.80. The molecular formula is C15H19NO5. The van der Waals surface area contributed by atoms with E-state index in [1.807, 2.05) is 0 Å². The minimum Gasteiger partial charge on any atom is -0.504 e. The molecule has 0 saturated heterocycles. The highest BCUT2D eigenvalue weighted by Gasteiger charge is 2.33. The third-order valence-electron chi connectivity index (χ3n) is 3.96. The predicted molar refractivity (Wildman–Crippen MR) is 75.5 cm³/mol. The van der Waals surface area contributed by atoms with Gasteiger partial charge in [0.2, 0.25) is 0 Å². The van der Waals surface area contributed by atoms with Gasteiger partial charge in [-0.25, -0.2) is 0 Å². The van der Waals surface area contributed by atoms with Gasteiger partial charge < -0.3 is 20.3 Å². The molecule has 6 heteroatoms. The van der Waals surface area contributed by atoms with Crippen molar-refractivity contribution in [3.63, 3.8) is 0 Å². The van der Waals surface area contributed by atoms with Gasteiger partial charge in [0.1, 0.15) is 0 Å². The van der Waals surface area contributed by atoms with Crippen LogP contribution in [-0.4, -0.2) is 35.7 Å². The number of aromatic hydroxyl groups is 1. The number of phenols is 1. The number of ether oxygens (including phenoxy) is 1. The van der Waals surface area contributed by atoms with Crippen LogP contribution in [0.5, 0.6) is 11.5 Å². The maximum atomic E-state index is 12.1. The van der Waals surface area contributed by atoms with Gasteiger partial charge in [0.25, 0.3) is 5.91 Å². The highest BCUT2D eigenvalue weighted by molar-refractivity contribution is 5.97. The van der Waals surface area contributed by atoms with Crippen molar-refractivity contribution in [2.75, 3.05) is 13.7 Å². The maximum Gasteiger partial charge on any atom is 0.306 e. The van der Waals surface area contributed by atoms with E-state index in [1.165, 1.54) is 13.2 Å². The molecule has 0 spiro atoms. The minimum atomic E-state index is -0.809. The summed E-state index contributed by atoms with van der Waals surface area (Å²) in [4.78, 5) is 23.2. The van der Waals surface area contributed by atoms with Crippen molar-refractivity contribution < 1.29 is 24.5 Å². The smallest absolute Gasteiger partial charge is 0.306 e. The molecule has 0 aromatic heterocycles. The highest BCUT2D eigenvalue weighted by Crippen LogP contribution is 2.32. The number of benzene rings is 1. The molecule has 2 unspecified atom stereocenters. The Morgan fingerprint density at radius 1 is 1.38 bits per heavy atom. The van der Waals surface area contributed by atoms with E-state index in [0.717, 1.165) is 12.8 Å². The molecule has 1 aliphatic rings. The number of carbonyl (C=O) groups is 2. The fraction of sp³-hybridized carbons (Fsp3) is 0.467. The monoisotopic (exact) mass is 293 g/mol. The molecule has 1 aliphatic carbocycles. The molecule has 1 saturated carbocycles. The molecule has 0 radical (unpaired) electrons. The van der Waals surface area contributed by atoms with Crippen molar-refractivity contribution >= 4 is 11.9 Å². The van der Waals surface area contributed by atoms with Gasteiger partial charge in [-0.05, 0) is 30.9 Å². The predicted octanol–water partition coefficient (Wildman–Crippen LogP) is 1.63. The van der Waals surface area contributed by atoms with Gasteiger partial charge in [0.15, 0.2) is 11.5 Å². The minimum absolute atomic E-state index is 0.0563. The van der Waals surface area contributed by atoms with Crippen LogP contribution in [0.3, 0.4) is 0 Å². The van der Waals surface area contributed by atoms with Gasteiger partial charge in [-0.3, -0.25) is 9.59 Å². The van der Waals surface area contributed by atoms with Crippen LogP contribution in [0.1, 0.15) is 29.6 Å². The Balaban J connectivity index is 2.01. The average Bonchev–Trinajstić information content (AvgIpc) is 2.93. The summed E-state index contributed by atoms with van der Waals surface area (Å²) in [7, 11) is 1.41. The van der Waals surface area contributed by atoms with Gasteiger partial charge in [0, 0.05) is 6.54 Å². The van der Waals surface area contributed by atoms with E-state index in [9.17, 15) is 14.7 Å². The van der Waals surface area contributed by atoms with Crippen LogP contribution in [0.2, 0.25) is 0 Å². The average molecular weight is 293 g/mol. The molecule has 2 atom stereocenters. The highest BCUT2D eigenvalue weighted by atomic mass is 16.5. The lowest BCUT2D eigenvalue weighted by atomic mass is 9.96. The first-order chi connectivity index (χ1) is 10.0. The first kappa shape index (κ1) is 15.2. The summed E-state index contributed by atoms with van der Waals surface area (Å²) in [5.74, 6) is -1.67. The standard InChI is InChI=1S/C15H19NO5/c1-21-12-7-3-6-11(13(12)17)14(18)16-8-9-4-2-5-10(9)15(19)20/h3,6-7,9-10,17H,2,4-5,8H2,1H3,(H,16,18)(H,19,20). The van der Waals surface area contributed by atoms with Gasteiger partial charge in [-0.1, -0.05) is 12.5 Å². The Kier molecular flexibility index (Phi) is 4.67. The Hall–Kier alpha value is -2.24. The number of aliphatic carboxylic acids is 1. The molecule has 1 aromatic carbocycles. The molecule has 1 amide bonds. The summed E-state index contributed by atoms with van der Waals surface area (Å²) in [6, 6.07) is 4.67. The lowest BCUT2D eigenvalue weighted by molar-refractivity contribution is -0.142. The van der Waals surface area contributed by atoms with Crippen molar-refractivity contribution in [2.45, 2.75) is 19.3 Å². The van der Waals surface area contributed by atoms with Crippen LogP contribution in [0.4, 0.5) is 0 Å². The zero-order valence-corrected chi connectivity index (χ0v) is 11.8. The number of methoxy groups -OCH3 is 1.